The van der Waals surface area contributed by atoms with Crippen molar-refractivity contribution in [3.8, 4) is 11.4 Å². The molecule has 0 saturated heterocycles. The van der Waals surface area contributed by atoms with Gasteiger partial charge in [0.1, 0.15) is 12.4 Å². The highest BCUT2D eigenvalue weighted by atomic mass is 16.6. The molecule has 2 aromatic heterocycles. The van der Waals surface area contributed by atoms with Crippen LogP contribution in [0.5, 0.6) is 0 Å². The SMILES string of the molecule is C=C1OCc2c(cc3n(c2=O)Cc2c-3nc3ccccc3c2CCN(Cc2ccccc2)C(C)C)[C@]1(CC)OC(C)(C)C. The lowest BCUT2D eigenvalue weighted by atomic mass is 9.83. The van der Waals surface area contributed by atoms with Gasteiger partial charge >= 0.3 is 0 Å². The van der Waals surface area contributed by atoms with Crippen LogP contribution >= 0.6 is 0 Å². The molecular weight excluding hydrogens is 534 g/mol. The van der Waals surface area contributed by atoms with Gasteiger partial charge in [-0.3, -0.25) is 9.69 Å². The van der Waals surface area contributed by atoms with Gasteiger partial charge in [0.2, 0.25) is 0 Å². The minimum Gasteiger partial charge on any atom is -0.490 e. The van der Waals surface area contributed by atoms with Gasteiger partial charge in [-0.2, -0.15) is 0 Å². The first kappa shape index (κ1) is 29.3. The largest absolute Gasteiger partial charge is 0.490 e. The Morgan fingerprint density at radius 2 is 1.81 bits per heavy atom. The zero-order valence-corrected chi connectivity index (χ0v) is 26.4. The van der Waals surface area contributed by atoms with E-state index >= 15 is 0 Å². The molecule has 0 amide bonds. The summed E-state index contributed by atoms with van der Waals surface area (Å²) >= 11 is 0. The fourth-order valence-corrected chi connectivity index (χ4v) is 6.80. The highest BCUT2D eigenvalue weighted by Crippen LogP contribution is 2.47. The van der Waals surface area contributed by atoms with Gasteiger partial charge in [-0.15, -0.1) is 0 Å². The summed E-state index contributed by atoms with van der Waals surface area (Å²) in [5, 5.41) is 1.16. The highest BCUT2D eigenvalue weighted by Gasteiger charge is 2.46. The fraction of sp³-hybridized carbons (Fsp3) is 0.405. The number of para-hydroxylation sites is 1. The van der Waals surface area contributed by atoms with Crippen molar-refractivity contribution in [1.82, 2.24) is 14.5 Å². The molecule has 0 saturated carbocycles. The number of hydrogen-bond acceptors (Lipinski definition) is 5. The average Bonchev–Trinajstić information content (AvgIpc) is 3.34. The molecule has 2 aromatic carbocycles. The topological polar surface area (TPSA) is 56.6 Å². The van der Waals surface area contributed by atoms with E-state index in [2.05, 4.69) is 86.8 Å². The Labute approximate surface area is 255 Å². The highest BCUT2D eigenvalue weighted by molar-refractivity contribution is 5.88. The van der Waals surface area contributed by atoms with Gasteiger partial charge in [0.15, 0.2) is 5.60 Å². The molecule has 43 heavy (non-hydrogen) atoms. The monoisotopic (exact) mass is 577 g/mol. The molecule has 4 aromatic rings. The summed E-state index contributed by atoms with van der Waals surface area (Å²) in [4.78, 5) is 21.9. The van der Waals surface area contributed by atoms with Crippen molar-refractivity contribution in [3.05, 3.63) is 111 Å². The Morgan fingerprint density at radius 1 is 1.09 bits per heavy atom. The third kappa shape index (κ3) is 5.21. The number of aromatic nitrogens is 2. The summed E-state index contributed by atoms with van der Waals surface area (Å²) in [6.07, 6.45) is 1.47. The van der Waals surface area contributed by atoms with Crippen LogP contribution in [0.3, 0.4) is 0 Å². The number of hydrogen-bond donors (Lipinski definition) is 0. The van der Waals surface area contributed by atoms with Gasteiger partial charge in [0.05, 0.1) is 34.6 Å². The zero-order valence-electron chi connectivity index (χ0n) is 26.4. The van der Waals surface area contributed by atoms with Crippen molar-refractivity contribution in [1.29, 1.82) is 0 Å². The second-order valence-electron chi connectivity index (χ2n) is 13.2. The van der Waals surface area contributed by atoms with Crippen molar-refractivity contribution in [2.75, 3.05) is 6.54 Å². The van der Waals surface area contributed by atoms with Crippen molar-refractivity contribution < 1.29 is 9.47 Å². The first-order valence-corrected chi connectivity index (χ1v) is 15.5. The summed E-state index contributed by atoms with van der Waals surface area (Å²) in [6.45, 7) is 19.4. The Balaban J connectivity index is 1.46. The van der Waals surface area contributed by atoms with Crippen LogP contribution in [0.2, 0.25) is 0 Å². The van der Waals surface area contributed by atoms with Crippen molar-refractivity contribution in [2.45, 2.75) is 91.3 Å². The van der Waals surface area contributed by atoms with Crippen LogP contribution < -0.4 is 5.56 Å². The van der Waals surface area contributed by atoms with Gasteiger partial charge in [-0.25, -0.2) is 4.98 Å². The summed E-state index contributed by atoms with van der Waals surface area (Å²) in [5.74, 6) is 0.555. The van der Waals surface area contributed by atoms with Crippen LogP contribution in [0.15, 0.2) is 77.8 Å². The van der Waals surface area contributed by atoms with E-state index in [0.29, 0.717) is 30.3 Å². The normalized spacial score (nSPS) is 17.7. The number of rotatable bonds is 8. The Morgan fingerprint density at radius 3 is 2.51 bits per heavy atom. The van der Waals surface area contributed by atoms with Crippen LogP contribution in [0.1, 0.15) is 75.8 Å². The molecular formula is C37H43N3O3. The Kier molecular flexibility index (Phi) is 7.55. The first-order chi connectivity index (χ1) is 20.5. The Hall–Kier alpha value is -3.74. The standard InChI is InChI=1S/C37H43N3O3/c1-8-37(43-36(5,6)7)25(4)42-23-30-31(37)20-33-34-29(22-40(33)35(30)41)27(28-16-12-13-17-32(28)38-34)18-19-39(24(2)3)21-26-14-10-9-11-15-26/h9-17,20,24H,4,8,18-19,21-23H2,1-3,5-7H3/t37-/m1/s1. The lowest BCUT2D eigenvalue weighted by Crippen LogP contribution is -2.44. The number of ether oxygens (including phenoxy) is 2. The fourth-order valence-electron chi connectivity index (χ4n) is 6.80. The minimum absolute atomic E-state index is 0.0313. The van der Waals surface area contributed by atoms with E-state index in [1.54, 1.807) is 0 Å². The number of pyridine rings is 2. The van der Waals surface area contributed by atoms with Gasteiger partial charge < -0.3 is 14.0 Å². The molecule has 2 aliphatic rings. The van der Waals surface area contributed by atoms with Gasteiger partial charge in [-0.1, -0.05) is 62.0 Å². The molecule has 6 heteroatoms. The molecule has 0 spiro atoms. The lowest BCUT2D eigenvalue weighted by Gasteiger charge is -2.43. The molecule has 6 nitrogen and oxygen atoms in total. The molecule has 6 rings (SSSR count). The lowest BCUT2D eigenvalue weighted by molar-refractivity contribution is -0.149. The molecule has 0 unspecified atom stereocenters. The van der Waals surface area contributed by atoms with Crippen molar-refractivity contribution >= 4 is 10.9 Å². The van der Waals surface area contributed by atoms with E-state index in [-0.39, 0.29) is 12.2 Å². The second-order valence-corrected chi connectivity index (χ2v) is 13.2. The van der Waals surface area contributed by atoms with E-state index in [1.807, 2.05) is 31.4 Å². The first-order valence-electron chi connectivity index (χ1n) is 15.5. The molecule has 1 atom stereocenters. The van der Waals surface area contributed by atoms with Crippen molar-refractivity contribution in [2.24, 2.45) is 0 Å². The number of nitrogens with zero attached hydrogens (tertiary/aromatic N) is 3. The minimum atomic E-state index is -0.905. The summed E-state index contributed by atoms with van der Waals surface area (Å²) in [7, 11) is 0. The average molecular weight is 578 g/mol. The second kappa shape index (κ2) is 11.1. The molecule has 0 bridgehead atoms. The summed E-state index contributed by atoms with van der Waals surface area (Å²) < 4.78 is 14.6. The maximum Gasteiger partial charge on any atom is 0.258 e. The quantitative estimate of drug-likeness (QED) is 0.193. The number of fused-ring (bicyclic) bond motifs is 5. The van der Waals surface area contributed by atoms with Crippen molar-refractivity contribution in [3.63, 3.8) is 0 Å². The van der Waals surface area contributed by atoms with Crippen LogP contribution in [0.4, 0.5) is 0 Å². The Bertz CT molecular complexity index is 1750. The van der Waals surface area contributed by atoms with Gasteiger partial charge in [-0.05, 0) is 70.7 Å². The molecule has 0 N–H and O–H groups in total. The molecule has 224 valence electrons. The van der Waals surface area contributed by atoms with Crippen LogP contribution in [0.25, 0.3) is 22.3 Å². The van der Waals surface area contributed by atoms with E-state index < -0.39 is 11.2 Å². The predicted octanol–water partition coefficient (Wildman–Crippen LogP) is 7.34. The maximum absolute atomic E-state index is 14.2. The summed E-state index contributed by atoms with van der Waals surface area (Å²) in [5.41, 5.74) is 6.52. The maximum atomic E-state index is 14.2. The van der Waals surface area contributed by atoms with E-state index in [9.17, 15) is 4.79 Å². The third-order valence-corrected chi connectivity index (χ3v) is 8.93. The molecule has 0 radical (unpaired) electrons. The molecule has 0 aliphatic carbocycles. The van der Waals surface area contributed by atoms with Crippen LogP contribution in [-0.2, 0) is 41.2 Å². The van der Waals surface area contributed by atoms with Gasteiger partial charge in [0.25, 0.3) is 5.56 Å². The molecule has 0 fully saturated rings. The predicted molar refractivity (Wildman–Crippen MR) is 173 cm³/mol. The smallest absolute Gasteiger partial charge is 0.258 e. The summed E-state index contributed by atoms with van der Waals surface area (Å²) in [6, 6.07) is 21.6. The van der Waals surface area contributed by atoms with Crippen LogP contribution in [-0.4, -0.2) is 32.6 Å². The molecule has 4 heterocycles. The zero-order chi connectivity index (χ0) is 30.5. The van der Waals surface area contributed by atoms with E-state index in [4.69, 9.17) is 14.5 Å². The third-order valence-electron chi connectivity index (χ3n) is 8.93. The van der Waals surface area contributed by atoms with E-state index in [1.165, 1.54) is 11.1 Å². The van der Waals surface area contributed by atoms with E-state index in [0.717, 1.165) is 52.9 Å². The molecule has 2 aliphatic heterocycles. The van der Waals surface area contributed by atoms with Crippen LogP contribution in [0, 0.1) is 0 Å². The number of benzene rings is 2. The van der Waals surface area contributed by atoms with Gasteiger partial charge in [0, 0.05) is 35.6 Å².